The van der Waals surface area contributed by atoms with E-state index in [9.17, 15) is 0 Å². The minimum Gasteiger partial charge on any atom is -0.347 e. The van der Waals surface area contributed by atoms with Gasteiger partial charge in [-0.05, 0) is 54.8 Å². The minimum atomic E-state index is 0.442. The fourth-order valence-electron chi connectivity index (χ4n) is 5.29. The van der Waals surface area contributed by atoms with Gasteiger partial charge in [0.1, 0.15) is 0 Å². The Labute approximate surface area is 218 Å². The largest absolute Gasteiger partial charge is 0.347 e. The van der Waals surface area contributed by atoms with Crippen LogP contribution in [0.2, 0.25) is 10.0 Å². The maximum Gasteiger partial charge on any atom is 0.0483 e. The number of benzene rings is 2. The normalized spacial score (nSPS) is 19.1. The zero-order valence-corrected chi connectivity index (χ0v) is 21.7. The van der Waals surface area contributed by atoms with E-state index in [1.807, 2.05) is 18.2 Å². The van der Waals surface area contributed by atoms with Crippen molar-refractivity contribution < 1.29 is 0 Å². The number of aryl methyl sites for hydroxylation is 1. The first-order valence-corrected chi connectivity index (χ1v) is 13.4. The lowest BCUT2D eigenvalue weighted by Crippen LogP contribution is -2.45. The molecule has 184 valence electrons. The van der Waals surface area contributed by atoms with E-state index in [4.69, 9.17) is 28.9 Å². The third-order valence-corrected chi connectivity index (χ3v) is 7.98. The van der Waals surface area contributed by atoms with Crippen LogP contribution in [0.15, 0.2) is 66.9 Å². The van der Waals surface area contributed by atoms with Crippen molar-refractivity contribution in [2.75, 3.05) is 32.7 Å². The van der Waals surface area contributed by atoms with Crippen LogP contribution in [0.3, 0.4) is 0 Å². The molecule has 0 spiro atoms. The molecule has 6 heteroatoms. The van der Waals surface area contributed by atoms with Gasteiger partial charge in [0.05, 0.1) is 0 Å². The van der Waals surface area contributed by atoms with E-state index in [0.29, 0.717) is 12.5 Å². The second kappa shape index (κ2) is 11.3. The lowest BCUT2D eigenvalue weighted by Gasteiger charge is -2.35. The van der Waals surface area contributed by atoms with Gasteiger partial charge in [-0.25, -0.2) is 0 Å². The Balaban J connectivity index is 1.28. The van der Waals surface area contributed by atoms with E-state index in [-0.39, 0.29) is 0 Å². The summed E-state index contributed by atoms with van der Waals surface area (Å²) in [6.45, 7) is 7.59. The number of halogens is 2. The molecular weight excluding hydrogens is 475 g/mol. The lowest BCUT2D eigenvalue weighted by molar-refractivity contribution is 0.122. The van der Waals surface area contributed by atoms with Gasteiger partial charge < -0.3 is 10.3 Å². The van der Waals surface area contributed by atoms with Crippen molar-refractivity contribution >= 4 is 34.1 Å². The summed E-state index contributed by atoms with van der Waals surface area (Å²) in [6.07, 6.45) is 13.3. The van der Waals surface area contributed by atoms with Gasteiger partial charge in [0, 0.05) is 84.4 Å². The fourth-order valence-corrected chi connectivity index (χ4v) is 5.81. The number of fused-ring (bicyclic) bond motifs is 1. The third kappa shape index (κ3) is 5.68. The van der Waals surface area contributed by atoms with Gasteiger partial charge in [-0.3, -0.25) is 9.80 Å². The highest BCUT2D eigenvalue weighted by Gasteiger charge is 2.21. The number of nitrogens with zero attached hydrogens (tertiary/aromatic N) is 3. The highest BCUT2D eigenvalue weighted by molar-refractivity contribution is 6.35. The second-order valence-electron chi connectivity index (χ2n) is 9.68. The summed E-state index contributed by atoms with van der Waals surface area (Å²) < 4.78 is 2.39. The highest BCUT2D eigenvalue weighted by Crippen LogP contribution is 2.34. The van der Waals surface area contributed by atoms with Crippen molar-refractivity contribution in [3.8, 4) is 0 Å². The molecule has 1 aliphatic carbocycles. The molecule has 2 N–H and O–H groups in total. The quantitative estimate of drug-likeness (QED) is 0.392. The first-order chi connectivity index (χ1) is 17.1. The van der Waals surface area contributed by atoms with E-state index in [1.165, 1.54) is 22.0 Å². The molecule has 4 nitrogen and oxygen atoms in total. The number of hydrogen-bond donors (Lipinski definition) is 1. The highest BCUT2D eigenvalue weighted by atomic mass is 35.5. The van der Waals surface area contributed by atoms with E-state index in [1.54, 1.807) is 0 Å². The number of hydrogen-bond acceptors (Lipinski definition) is 3. The minimum absolute atomic E-state index is 0.442. The van der Waals surface area contributed by atoms with Crippen LogP contribution >= 0.6 is 23.2 Å². The number of piperazine rings is 1. The molecule has 1 atom stereocenters. The maximum atomic E-state index is 6.39. The molecule has 5 rings (SSSR count). The van der Waals surface area contributed by atoms with Crippen molar-refractivity contribution in [1.82, 2.24) is 14.4 Å². The molecule has 0 amide bonds. The summed E-state index contributed by atoms with van der Waals surface area (Å²) in [5.41, 5.74) is 11.0. The first-order valence-electron chi connectivity index (χ1n) is 12.6. The number of allylic oxidation sites excluding steroid dienone is 4. The molecule has 0 bridgehead atoms. The van der Waals surface area contributed by atoms with E-state index in [0.717, 1.165) is 74.3 Å². The number of aromatic nitrogens is 1. The topological polar surface area (TPSA) is 37.4 Å². The Morgan fingerprint density at radius 3 is 2.34 bits per heavy atom. The molecule has 0 saturated carbocycles. The van der Waals surface area contributed by atoms with Crippen molar-refractivity contribution in [3.05, 3.63) is 93.6 Å². The van der Waals surface area contributed by atoms with Crippen LogP contribution < -0.4 is 5.73 Å². The van der Waals surface area contributed by atoms with Crippen LogP contribution in [-0.4, -0.2) is 47.1 Å². The molecule has 1 fully saturated rings. The van der Waals surface area contributed by atoms with Crippen LogP contribution in [0.25, 0.3) is 10.9 Å². The molecule has 3 aromatic rings. The summed E-state index contributed by atoms with van der Waals surface area (Å²) in [4.78, 5) is 5.01. The first kappa shape index (κ1) is 24.6. The van der Waals surface area contributed by atoms with Crippen molar-refractivity contribution in [2.24, 2.45) is 5.73 Å². The Hall–Kier alpha value is -2.08. The predicted molar refractivity (Wildman–Crippen MR) is 148 cm³/mol. The van der Waals surface area contributed by atoms with Crippen LogP contribution in [0.5, 0.6) is 0 Å². The molecule has 0 radical (unpaired) electrons. The molecule has 1 saturated heterocycles. The Morgan fingerprint density at radius 2 is 1.66 bits per heavy atom. The van der Waals surface area contributed by atoms with Gasteiger partial charge in [0.25, 0.3) is 0 Å². The van der Waals surface area contributed by atoms with Crippen LogP contribution in [0, 0.1) is 0 Å². The van der Waals surface area contributed by atoms with E-state index < -0.39 is 0 Å². The third-order valence-electron chi connectivity index (χ3n) is 7.27. The van der Waals surface area contributed by atoms with Gasteiger partial charge in [-0.15, -0.1) is 0 Å². The van der Waals surface area contributed by atoms with E-state index in [2.05, 4.69) is 63.1 Å². The maximum absolute atomic E-state index is 6.39. The fraction of sp³-hybridized carbons (Fsp3) is 0.379. The van der Waals surface area contributed by atoms with Gasteiger partial charge in [-0.1, -0.05) is 59.6 Å². The summed E-state index contributed by atoms with van der Waals surface area (Å²) in [5, 5.41) is 2.90. The molecule has 1 unspecified atom stereocenters. The van der Waals surface area contributed by atoms with Crippen LogP contribution in [-0.2, 0) is 19.6 Å². The molecule has 1 aliphatic heterocycles. The number of rotatable bonds is 8. The van der Waals surface area contributed by atoms with E-state index >= 15 is 0 Å². The van der Waals surface area contributed by atoms with Crippen molar-refractivity contribution in [1.29, 1.82) is 0 Å². The summed E-state index contributed by atoms with van der Waals surface area (Å²) in [5.74, 6) is 0.442. The smallest absolute Gasteiger partial charge is 0.0483 e. The second-order valence-corrected chi connectivity index (χ2v) is 10.5. The van der Waals surface area contributed by atoms with Crippen LogP contribution in [0.1, 0.15) is 35.4 Å². The van der Waals surface area contributed by atoms with Gasteiger partial charge in [0.2, 0.25) is 0 Å². The molecular formula is C29H34Cl2N4. The SMILES string of the molecule is NCCCn1cc(C2C=CC=CC2)c2cc(CN3CCN(Cc4c(Cl)cccc4Cl)CC3)ccc21. The standard InChI is InChI=1S/C29H34Cl2N4/c30-27-8-4-9-28(31)26(27)20-34-16-14-33(15-17-34)19-22-10-11-29-24(18-22)25(21-35(29)13-5-12-32)23-6-2-1-3-7-23/h1-4,6,8-11,18,21,23H,5,7,12-17,19-20,32H2. The molecule has 35 heavy (non-hydrogen) atoms. The average molecular weight is 510 g/mol. The van der Waals surface area contributed by atoms with Crippen molar-refractivity contribution in [2.45, 2.75) is 38.4 Å². The Morgan fingerprint density at radius 1 is 0.914 bits per heavy atom. The summed E-state index contributed by atoms with van der Waals surface area (Å²) in [6, 6.07) is 12.8. The zero-order chi connectivity index (χ0) is 24.2. The van der Waals surface area contributed by atoms with Gasteiger partial charge in [0.15, 0.2) is 0 Å². The molecule has 2 heterocycles. The lowest BCUT2D eigenvalue weighted by atomic mass is 9.92. The average Bonchev–Trinajstić information content (AvgIpc) is 3.24. The monoisotopic (exact) mass is 508 g/mol. The van der Waals surface area contributed by atoms with Gasteiger partial charge in [-0.2, -0.15) is 0 Å². The Kier molecular flexibility index (Phi) is 7.96. The molecule has 2 aliphatic rings. The Bertz CT molecular complexity index is 1200. The molecule has 1 aromatic heterocycles. The van der Waals surface area contributed by atoms with Crippen molar-refractivity contribution in [3.63, 3.8) is 0 Å². The van der Waals surface area contributed by atoms with Crippen LogP contribution in [0.4, 0.5) is 0 Å². The summed E-state index contributed by atoms with van der Waals surface area (Å²) >= 11 is 12.8. The molecule has 2 aromatic carbocycles. The summed E-state index contributed by atoms with van der Waals surface area (Å²) in [7, 11) is 0. The zero-order valence-electron chi connectivity index (χ0n) is 20.2. The number of nitrogens with two attached hydrogens (primary N) is 1. The predicted octanol–water partition coefficient (Wildman–Crippen LogP) is 6.21. The van der Waals surface area contributed by atoms with Gasteiger partial charge >= 0.3 is 0 Å².